The lowest BCUT2D eigenvalue weighted by molar-refractivity contribution is 0.0589. The molecule has 0 saturated carbocycles. The molecule has 8 heteroatoms. The van der Waals surface area contributed by atoms with E-state index < -0.39 is 0 Å². The summed E-state index contributed by atoms with van der Waals surface area (Å²) in [5.74, 6) is 3.63. The summed E-state index contributed by atoms with van der Waals surface area (Å²) in [4.78, 5) is 31.0. The van der Waals surface area contributed by atoms with Crippen LogP contribution in [0.3, 0.4) is 0 Å². The fraction of sp³-hybridized carbons (Fsp3) is 0.360. The van der Waals surface area contributed by atoms with Gasteiger partial charge in [-0.3, -0.25) is 0 Å². The van der Waals surface area contributed by atoms with E-state index in [0.29, 0.717) is 0 Å². The van der Waals surface area contributed by atoms with E-state index in [1.54, 1.807) is 0 Å². The highest BCUT2D eigenvalue weighted by Crippen LogP contribution is 2.66. The van der Waals surface area contributed by atoms with Crippen LogP contribution in [-0.4, -0.2) is 32.3 Å². The number of rotatable bonds is 8. The summed E-state index contributed by atoms with van der Waals surface area (Å²) in [7, 11) is 0. The van der Waals surface area contributed by atoms with Crippen molar-refractivity contribution < 1.29 is 0 Å². The van der Waals surface area contributed by atoms with Crippen LogP contribution in [0.2, 0.25) is 0 Å². The maximum Gasteiger partial charge on any atom is 0.178 e. The molecule has 9 rings (SSSR count). The smallest absolute Gasteiger partial charge is 0.178 e. The van der Waals surface area contributed by atoms with Crippen molar-refractivity contribution in [1.82, 2.24) is 19.9 Å². The minimum Gasteiger partial charge on any atom is -0.302 e. The first-order valence-electron chi connectivity index (χ1n) is 21.1. The number of aryl methyl sites for hydroxylation is 3. The first-order chi connectivity index (χ1) is 27.9. The second-order valence-electron chi connectivity index (χ2n) is 17.9. The number of nitrogens with zero attached hydrogens (tertiary/aromatic N) is 8. The average Bonchev–Trinajstić information content (AvgIpc) is 3.74. The molecule has 5 heterocycles. The zero-order chi connectivity index (χ0) is 40.6. The van der Waals surface area contributed by atoms with Gasteiger partial charge >= 0.3 is 0 Å². The molecule has 296 valence electrons. The number of benzene rings is 4. The van der Waals surface area contributed by atoms with Crippen molar-refractivity contribution in [2.45, 2.75) is 111 Å². The van der Waals surface area contributed by atoms with Gasteiger partial charge in [0.15, 0.2) is 23.3 Å². The fourth-order valence-electron chi connectivity index (χ4n) is 10.4. The van der Waals surface area contributed by atoms with Gasteiger partial charge in [-0.15, -0.1) is 0 Å². The molecule has 6 aromatic rings. The first kappa shape index (κ1) is 37.8. The number of fused-ring (bicyclic) bond motifs is 6. The van der Waals surface area contributed by atoms with E-state index in [4.69, 9.17) is 19.9 Å². The number of hydrogen-bond acceptors (Lipinski definition) is 8. The monoisotopic (exact) mass is 768 g/mol. The van der Waals surface area contributed by atoms with Gasteiger partial charge in [0.25, 0.3) is 0 Å². The molecule has 58 heavy (non-hydrogen) atoms. The highest BCUT2D eigenvalue weighted by Gasteiger charge is 2.63. The van der Waals surface area contributed by atoms with Crippen molar-refractivity contribution in [3.05, 3.63) is 144 Å². The predicted octanol–water partition coefficient (Wildman–Crippen LogP) is 12.3. The number of para-hydroxylation sites is 2. The second kappa shape index (κ2) is 14.0. The molecule has 4 atom stereocenters. The molecule has 0 N–H and O–H groups in total. The summed E-state index contributed by atoms with van der Waals surface area (Å²) in [5, 5.41) is 0. The summed E-state index contributed by atoms with van der Waals surface area (Å²) < 4.78 is 0. The van der Waals surface area contributed by atoms with Gasteiger partial charge in [0.05, 0.1) is 11.9 Å². The minimum absolute atomic E-state index is 0.0811. The van der Waals surface area contributed by atoms with Gasteiger partial charge < -0.3 is 19.6 Å². The van der Waals surface area contributed by atoms with Gasteiger partial charge in [-0.1, -0.05) is 113 Å². The molecule has 0 bridgehead atoms. The summed E-state index contributed by atoms with van der Waals surface area (Å²) in [6, 6.07) is 35.6. The van der Waals surface area contributed by atoms with Gasteiger partial charge in [0.1, 0.15) is 12.3 Å². The number of aromatic nitrogens is 4. The van der Waals surface area contributed by atoms with Crippen LogP contribution in [0, 0.1) is 26.2 Å². The summed E-state index contributed by atoms with van der Waals surface area (Å²) >= 11 is 0. The summed E-state index contributed by atoms with van der Waals surface area (Å²) in [6.07, 6.45) is 9.19. The summed E-state index contributed by atoms with van der Waals surface area (Å²) in [5.41, 5.74) is 10.1. The third-order valence-corrected chi connectivity index (χ3v) is 13.7. The zero-order valence-electron chi connectivity index (χ0n) is 35.5. The predicted molar refractivity (Wildman–Crippen MR) is 238 cm³/mol. The summed E-state index contributed by atoms with van der Waals surface area (Å²) in [6.45, 7) is 20.6. The van der Waals surface area contributed by atoms with Crippen LogP contribution in [0.5, 0.6) is 0 Å². The van der Waals surface area contributed by atoms with Crippen molar-refractivity contribution in [3.8, 4) is 0 Å². The van der Waals surface area contributed by atoms with Gasteiger partial charge in [-0.05, 0) is 94.0 Å². The van der Waals surface area contributed by atoms with Crippen molar-refractivity contribution in [3.63, 3.8) is 0 Å². The van der Waals surface area contributed by atoms with Crippen LogP contribution in [0.15, 0.2) is 116 Å². The Bertz CT molecular complexity index is 2480. The van der Waals surface area contributed by atoms with Crippen LogP contribution in [0.4, 0.5) is 46.0 Å². The van der Waals surface area contributed by atoms with E-state index in [-0.39, 0.29) is 28.6 Å². The second-order valence-corrected chi connectivity index (χ2v) is 17.9. The van der Waals surface area contributed by atoms with Crippen molar-refractivity contribution >= 4 is 46.0 Å². The van der Waals surface area contributed by atoms with Gasteiger partial charge in [0, 0.05) is 51.4 Å². The Kier molecular flexibility index (Phi) is 9.10. The lowest BCUT2D eigenvalue weighted by atomic mass is 9.52. The molecule has 4 unspecified atom stereocenters. The van der Waals surface area contributed by atoms with Gasteiger partial charge in [-0.25, -0.2) is 19.9 Å². The van der Waals surface area contributed by atoms with Crippen LogP contribution < -0.4 is 19.6 Å². The molecule has 0 spiro atoms. The van der Waals surface area contributed by atoms with E-state index in [0.717, 1.165) is 71.7 Å². The lowest BCUT2D eigenvalue weighted by Crippen LogP contribution is -2.64. The van der Waals surface area contributed by atoms with Crippen LogP contribution in [-0.2, 0) is 10.8 Å². The topological polar surface area (TPSA) is 64.5 Å². The quantitative estimate of drug-likeness (QED) is 0.152. The minimum atomic E-state index is -0.276. The number of anilines is 8. The molecule has 0 amide bonds. The normalized spacial score (nSPS) is 22.2. The standard InChI is InChI=1S/C50H56N8/c1-10-49(9)38-31-34(4)23-26-40(38)58-44-43(51-29-30-52-44)56(37-24-21-33(3)22-25-37)47(58)50(49,11-2)28-27-42-55(36-18-13-12-14-19-36)46-45(53-32-41(54-46)48(6,7)8)57(42)39-20-16-15-17-35(39)5/h12-26,29-32,42,47H,10-11,27-28H2,1-9H3. The molecule has 8 nitrogen and oxygen atoms in total. The Hall–Kier alpha value is -5.76. The van der Waals surface area contributed by atoms with Crippen LogP contribution >= 0.6 is 0 Å². The fourth-order valence-corrected chi connectivity index (χ4v) is 10.4. The van der Waals surface area contributed by atoms with Gasteiger partial charge in [-0.2, -0.15) is 0 Å². The van der Waals surface area contributed by atoms with Crippen LogP contribution in [0.25, 0.3) is 0 Å². The Morgan fingerprint density at radius 2 is 1.26 bits per heavy atom. The molecule has 3 aliphatic heterocycles. The molecule has 0 fully saturated rings. The van der Waals surface area contributed by atoms with Crippen molar-refractivity contribution in [2.75, 3.05) is 19.6 Å². The largest absolute Gasteiger partial charge is 0.302 e. The first-order valence-corrected chi connectivity index (χ1v) is 21.1. The van der Waals surface area contributed by atoms with Crippen molar-refractivity contribution in [1.29, 1.82) is 0 Å². The maximum atomic E-state index is 5.48. The molecule has 0 radical (unpaired) electrons. The Balaban J connectivity index is 1.27. The molecule has 3 aliphatic rings. The third kappa shape index (κ3) is 5.62. The lowest BCUT2D eigenvalue weighted by Gasteiger charge is -2.60. The molecule has 4 aromatic carbocycles. The highest BCUT2D eigenvalue weighted by molar-refractivity contribution is 5.87. The van der Waals surface area contributed by atoms with Crippen LogP contribution in [0.1, 0.15) is 95.2 Å². The maximum absolute atomic E-state index is 5.48. The van der Waals surface area contributed by atoms with E-state index in [9.17, 15) is 0 Å². The van der Waals surface area contributed by atoms with Crippen molar-refractivity contribution in [2.24, 2.45) is 5.41 Å². The molecule has 2 aromatic heterocycles. The molecule has 0 aliphatic carbocycles. The Labute approximate surface area is 344 Å². The molecular weight excluding hydrogens is 713 g/mol. The highest BCUT2D eigenvalue weighted by atomic mass is 15.5. The van der Waals surface area contributed by atoms with Gasteiger partial charge in [0.2, 0.25) is 0 Å². The van der Waals surface area contributed by atoms with E-state index in [1.807, 2.05) is 18.6 Å². The van der Waals surface area contributed by atoms with E-state index >= 15 is 0 Å². The molecule has 0 saturated heterocycles. The average molecular weight is 769 g/mol. The number of hydrogen-bond donors (Lipinski definition) is 0. The van der Waals surface area contributed by atoms with E-state index in [2.05, 4.69) is 179 Å². The van der Waals surface area contributed by atoms with E-state index in [1.165, 1.54) is 27.9 Å². The third-order valence-electron chi connectivity index (χ3n) is 13.7. The Morgan fingerprint density at radius 3 is 1.93 bits per heavy atom. The SMILES string of the molecule is CCC1(C)c2cc(C)ccc2N2c3nccnc3N(c3ccc(C)cc3)C2C1(CC)CCC1N(c2ccccc2)c2nc(C(C)(C)C)cnc2N1c1ccccc1C. The Morgan fingerprint density at radius 1 is 0.621 bits per heavy atom. The zero-order valence-corrected chi connectivity index (χ0v) is 35.5. The molecular formula is C50H56N8.